The molecule has 7 heteroatoms. The quantitative estimate of drug-likeness (QED) is 0.578. The van der Waals surface area contributed by atoms with Gasteiger partial charge in [0.1, 0.15) is 5.82 Å². The number of allylic oxidation sites excluding steroid dienone is 1. The minimum Gasteiger partial charge on any atom is -0.322 e. The number of nitrogens with zero attached hydrogens (tertiary/aromatic N) is 3. The molecule has 1 N–H and O–H groups in total. The van der Waals surface area contributed by atoms with Crippen molar-refractivity contribution in [3.8, 4) is 0 Å². The number of aryl methyl sites for hydroxylation is 4. The molecule has 0 aliphatic rings. The molecule has 3 rings (SSSR count). The van der Waals surface area contributed by atoms with Gasteiger partial charge in [-0.05, 0) is 38.1 Å². The highest BCUT2D eigenvalue weighted by Crippen LogP contribution is 2.13. The van der Waals surface area contributed by atoms with Gasteiger partial charge in [-0.15, -0.1) is 0 Å². The van der Waals surface area contributed by atoms with Gasteiger partial charge in [0.05, 0.1) is 0 Å². The van der Waals surface area contributed by atoms with E-state index >= 15 is 0 Å². The molecule has 0 saturated heterocycles. The Bertz CT molecular complexity index is 1130. The lowest BCUT2D eigenvalue weighted by Crippen LogP contribution is -2.29. The lowest BCUT2D eigenvalue weighted by Gasteiger charge is -2.01. The highest BCUT2D eigenvalue weighted by molar-refractivity contribution is 6.07. The number of fused-ring (bicyclic) bond motifs is 1. The normalized spacial score (nSPS) is 11.5. The van der Waals surface area contributed by atoms with Gasteiger partial charge < -0.3 is 4.57 Å². The smallest absolute Gasteiger partial charge is 0.322 e. The Morgan fingerprint density at radius 3 is 2.36 bits per heavy atom. The molecule has 0 amide bonds. The maximum atomic E-state index is 12.4. The van der Waals surface area contributed by atoms with Gasteiger partial charge in [0.25, 0.3) is 5.56 Å². The molecule has 0 atom stereocenters. The first-order chi connectivity index (χ1) is 11.8. The predicted octanol–water partition coefficient (Wildman–Crippen LogP) is 1.47. The van der Waals surface area contributed by atoms with Crippen molar-refractivity contribution in [3.63, 3.8) is 0 Å². The van der Waals surface area contributed by atoms with Crippen molar-refractivity contribution < 1.29 is 4.79 Å². The summed E-state index contributed by atoms with van der Waals surface area (Å²) in [5.74, 6) is 0.265. The maximum absolute atomic E-state index is 12.4. The molecular formula is C18H18N4O3. The molecule has 0 unspecified atom stereocenters. The van der Waals surface area contributed by atoms with Crippen molar-refractivity contribution in [2.24, 2.45) is 14.1 Å². The van der Waals surface area contributed by atoms with Crippen molar-refractivity contribution in [1.29, 1.82) is 0 Å². The van der Waals surface area contributed by atoms with Crippen LogP contribution < -0.4 is 11.2 Å². The standard InChI is InChI=1S/C18H18N4O3/c1-10-7-11(2)9-12(8-10)13(23)5-6-14-19-16-15(21(14)3)17(24)20-18(25)22(16)4/h5-9H,1-4H3,(H,20,24,25)/b6-5+. The fraction of sp³-hybridized carbons (Fsp3) is 0.222. The first kappa shape index (κ1) is 16.6. The van der Waals surface area contributed by atoms with Crippen molar-refractivity contribution in [2.75, 3.05) is 0 Å². The number of imidazole rings is 1. The fourth-order valence-corrected chi connectivity index (χ4v) is 2.84. The molecule has 3 aromatic rings. The molecule has 0 bridgehead atoms. The topological polar surface area (TPSA) is 89.8 Å². The molecule has 0 radical (unpaired) electrons. The average Bonchev–Trinajstić information content (AvgIpc) is 2.87. The first-order valence-electron chi connectivity index (χ1n) is 7.74. The number of H-pyrrole nitrogens is 1. The minimum absolute atomic E-state index is 0.151. The zero-order valence-electron chi connectivity index (χ0n) is 14.5. The third-order valence-electron chi connectivity index (χ3n) is 4.06. The van der Waals surface area contributed by atoms with E-state index < -0.39 is 11.2 Å². The van der Waals surface area contributed by atoms with Crippen LogP contribution in [0.25, 0.3) is 17.2 Å². The Morgan fingerprint density at radius 2 is 1.72 bits per heavy atom. The van der Waals surface area contributed by atoms with Crippen LogP contribution in [-0.4, -0.2) is 24.9 Å². The van der Waals surface area contributed by atoms with Crippen molar-refractivity contribution in [3.05, 3.63) is 67.6 Å². The SMILES string of the molecule is Cc1cc(C)cc(C(=O)/C=C/c2nc3c(c(=O)[nH]c(=O)n3C)n2C)c1. The van der Waals surface area contributed by atoms with E-state index in [0.29, 0.717) is 11.4 Å². The van der Waals surface area contributed by atoms with Crippen LogP contribution in [0.2, 0.25) is 0 Å². The van der Waals surface area contributed by atoms with Crippen molar-refractivity contribution in [1.82, 2.24) is 19.1 Å². The number of ketones is 1. The van der Waals surface area contributed by atoms with Crippen LogP contribution >= 0.6 is 0 Å². The van der Waals surface area contributed by atoms with Gasteiger partial charge >= 0.3 is 5.69 Å². The molecule has 7 nitrogen and oxygen atoms in total. The highest BCUT2D eigenvalue weighted by atomic mass is 16.2. The molecule has 0 aliphatic carbocycles. The van der Waals surface area contributed by atoms with Crippen LogP contribution in [0.15, 0.2) is 33.9 Å². The molecule has 128 valence electrons. The number of aromatic amines is 1. The summed E-state index contributed by atoms with van der Waals surface area (Å²) in [6.07, 6.45) is 2.96. The van der Waals surface area contributed by atoms with Crippen LogP contribution in [-0.2, 0) is 14.1 Å². The number of rotatable bonds is 3. The number of carbonyl (C=O) groups is 1. The molecule has 2 heterocycles. The molecule has 0 spiro atoms. The minimum atomic E-state index is -0.530. The van der Waals surface area contributed by atoms with E-state index in [0.717, 1.165) is 11.1 Å². The molecule has 2 aromatic heterocycles. The monoisotopic (exact) mass is 338 g/mol. The van der Waals surface area contributed by atoms with Crippen LogP contribution in [0.1, 0.15) is 27.3 Å². The van der Waals surface area contributed by atoms with Gasteiger partial charge in [-0.3, -0.25) is 19.1 Å². The first-order valence-corrected chi connectivity index (χ1v) is 7.74. The summed E-state index contributed by atoms with van der Waals surface area (Å²) in [4.78, 5) is 42.6. The highest BCUT2D eigenvalue weighted by Gasteiger charge is 2.13. The van der Waals surface area contributed by atoms with Crippen molar-refractivity contribution >= 4 is 23.0 Å². The second-order valence-electron chi connectivity index (χ2n) is 6.09. The zero-order chi connectivity index (χ0) is 18.3. The second-order valence-corrected chi connectivity index (χ2v) is 6.09. The second kappa shape index (κ2) is 6.01. The van der Waals surface area contributed by atoms with E-state index in [1.54, 1.807) is 17.7 Å². The van der Waals surface area contributed by atoms with Crippen LogP contribution in [0, 0.1) is 13.8 Å². The fourth-order valence-electron chi connectivity index (χ4n) is 2.84. The van der Waals surface area contributed by atoms with E-state index in [4.69, 9.17) is 0 Å². The summed E-state index contributed by atoms with van der Waals surface area (Å²) in [7, 11) is 3.19. The predicted molar refractivity (Wildman–Crippen MR) is 95.9 cm³/mol. The maximum Gasteiger partial charge on any atom is 0.329 e. The lowest BCUT2D eigenvalue weighted by molar-refractivity contribution is 0.104. The van der Waals surface area contributed by atoms with E-state index in [1.807, 2.05) is 32.0 Å². The van der Waals surface area contributed by atoms with Gasteiger partial charge in [-0.2, -0.15) is 0 Å². The summed E-state index contributed by atoms with van der Waals surface area (Å²) in [5, 5.41) is 0. The van der Waals surface area contributed by atoms with Crippen LogP contribution in [0.4, 0.5) is 0 Å². The largest absolute Gasteiger partial charge is 0.329 e. The summed E-state index contributed by atoms with van der Waals surface area (Å²) >= 11 is 0. The van der Waals surface area contributed by atoms with Crippen LogP contribution in [0.5, 0.6) is 0 Å². The Morgan fingerprint density at radius 1 is 1.08 bits per heavy atom. The molecular weight excluding hydrogens is 320 g/mol. The molecule has 25 heavy (non-hydrogen) atoms. The number of aromatic nitrogens is 4. The van der Waals surface area contributed by atoms with Crippen molar-refractivity contribution in [2.45, 2.75) is 13.8 Å². The van der Waals surface area contributed by atoms with Gasteiger partial charge in [-0.25, -0.2) is 9.78 Å². The van der Waals surface area contributed by atoms with Gasteiger partial charge in [0.2, 0.25) is 0 Å². The lowest BCUT2D eigenvalue weighted by atomic mass is 10.0. The third-order valence-corrected chi connectivity index (χ3v) is 4.06. The third kappa shape index (κ3) is 2.96. The Labute approximate surface area is 143 Å². The van der Waals surface area contributed by atoms with Gasteiger partial charge in [-0.1, -0.05) is 17.2 Å². The average molecular weight is 338 g/mol. The zero-order valence-corrected chi connectivity index (χ0v) is 14.5. The van der Waals surface area contributed by atoms with E-state index in [1.165, 1.54) is 17.7 Å². The molecule has 1 aromatic carbocycles. The summed E-state index contributed by atoms with van der Waals surface area (Å²) in [6, 6.07) is 5.64. The molecule has 0 saturated carbocycles. The molecule has 0 aliphatic heterocycles. The van der Waals surface area contributed by atoms with E-state index in [9.17, 15) is 14.4 Å². The number of benzene rings is 1. The van der Waals surface area contributed by atoms with Crippen LogP contribution in [0.3, 0.4) is 0 Å². The summed E-state index contributed by atoms with van der Waals surface area (Å²) < 4.78 is 2.82. The molecule has 0 fully saturated rings. The Balaban J connectivity index is 2.04. The number of nitrogens with one attached hydrogen (secondary N) is 1. The summed E-state index contributed by atoms with van der Waals surface area (Å²) in [6.45, 7) is 3.87. The number of hydrogen-bond donors (Lipinski definition) is 1. The van der Waals surface area contributed by atoms with Gasteiger partial charge in [0, 0.05) is 19.7 Å². The number of hydrogen-bond acceptors (Lipinski definition) is 4. The van der Waals surface area contributed by atoms with E-state index in [2.05, 4.69) is 9.97 Å². The number of carbonyl (C=O) groups excluding carboxylic acids is 1. The Kier molecular flexibility index (Phi) is 4.00. The Hall–Kier alpha value is -3.22. The van der Waals surface area contributed by atoms with E-state index in [-0.39, 0.29) is 16.9 Å². The summed E-state index contributed by atoms with van der Waals surface area (Å²) in [5.41, 5.74) is 2.14. The van der Waals surface area contributed by atoms with Gasteiger partial charge in [0.15, 0.2) is 16.9 Å².